The summed E-state index contributed by atoms with van der Waals surface area (Å²) >= 11 is 0. The maximum absolute atomic E-state index is 12.4. The molecule has 0 aromatic carbocycles. The Bertz CT molecular complexity index is 867. The summed E-state index contributed by atoms with van der Waals surface area (Å²) in [5.74, 6) is 1.52. The molecule has 0 bridgehead atoms. The molecule has 0 radical (unpaired) electrons. The van der Waals surface area contributed by atoms with Crippen LogP contribution in [0.25, 0.3) is 0 Å². The molecule has 1 saturated heterocycles. The third-order valence-electron chi connectivity index (χ3n) is 11.9. The largest absolute Gasteiger partial charge is 0.472 e. The molecule has 5 nitrogen and oxygen atoms in total. The van der Waals surface area contributed by atoms with E-state index >= 15 is 0 Å². The predicted molar refractivity (Wildman–Crippen MR) is 131 cm³/mol. The van der Waals surface area contributed by atoms with Crippen molar-refractivity contribution >= 4 is 0 Å². The molecular weight excluding hydrogens is 426 g/mol. The zero-order chi connectivity index (χ0) is 23.6. The average Bonchev–Trinajstić information content (AvgIpc) is 3.57. The number of hydrogen-bond donors (Lipinski definition) is 2. The SMILES string of the molecule is C[C@]12CC[C@H](OCCN3CCCC3)C[C@H]1CC[C@@H]1[C@@H]2CC[C@]2(C)[C@@](O)(c3ccoc3)CC[C@]12O. The van der Waals surface area contributed by atoms with Crippen LogP contribution in [0.4, 0.5) is 0 Å². The van der Waals surface area contributed by atoms with E-state index < -0.39 is 16.6 Å². The van der Waals surface area contributed by atoms with Gasteiger partial charge in [-0.15, -0.1) is 0 Å². The van der Waals surface area contributed by atoms with E-state index in [1.807, 2.05) is 6.07 Å². The van der Waals surface area contributed by atoms with Gasteiger partial charge in [0.15, 0.2) is 0 Å². The molecule has 1 aromatic rings. The summed E-state index contributed by atoms with van der Waals surface area (Å²) in [5.41, 5.74) is -1.21. The first-order valence-electron chi connectivity index (χ1n) is 14.1. The van der Waals surface area contributed by atoms with Gasteiger partial charge < -0.3 is 24.3 Å². The van der Waals surface area contributed by atoms with Crippen molar-refractivity contribution in [1.29, 1.82) is 0 Å². The summed E-state index contributed by atoms with van der Waals surface area (Å²) in [7, 11) is 0. The second-order valence-corrected chi connectivity index (χ2v) is 13.0. The van der Waals surface area contributed by atoms with Gasteiger partial charge in [0.25, 0.3) is 0 Å². The van der Waals surface area contributed by atoms with Gasteiger partial charge in [-0.25, -0.2) is 0 Å². The number of fused-ring (bicyclic) bond motifs is 5. The Hall–Kier alpha value is -0.880. The lowest BCUT2D eigenvalue weighted by atomic mass is 9.43. The monoisotopic (exact) mass is 471 g/mol. The van der Waals surface area contributed by atoms with Gasteiger partial charge in [0.1, 0.15) is 5.60 Å². The Kier molecular flexibility index (Phi) is 5.76. The molecule has 0 spiro atoms. The first-order chi connectivity index (χ1) is 16.3. The molecule has 5 fully saturated rings. The lowest BCUT2D eigenvalue weighted by Crippen LogP contribution is -2.64. The second kappa shape index (κ2) is 8.33. The van der Waals surface area contributed by atoms with E-state index in [1.165, 1.54) is 45.2 Å². The Morgan fingerprint density at radius 3 is 2.59 bits per heavy atom. The van der Waals surface area contributed by atoms with E-state index in [0.717, 1.165) is 44.4 Å². The van der Waals surface area contributed by atoms with E-state index in [1.54, 1.807) is 12.5 Å². The number of rotatable bonds is 5. The van der Waals surface area contributed by atoms with Crippen LogP contribution in [0.1, 0.15) is 90.0 Å². The second-order valence-electron chi connectivity index (χ2n) is 13.0. The zero-order valence-corrected chi connectivity index (χ0v) is 21.3. The number of aliphatic hydroxyl groups is 2. The molecule has 6 rings (SSSR count). The highest BCUT2D eigenvalue weighted by atomic mass is 16.5. The van der Waals surface area contributed by atoms with Gasteiger partial charge in [0.05, 0.1) is 30.8 Å². The number of ether oxygens (including phenoxy) is 1. The van der Waals surface area contributed by atoms with Crippen molar-refractivity contribution in [2.75, 3.05) is 26.2 Å². The van der Waals surface area contributed by atoms with Crippen molar-refractivity contribution in [2.24, 2.45) is 28.6 Å². The molecule has 8 atom stereocenters. The highest BCUT2D eigenvalue weighted by molar-refractivity contribution is 5.30. The van der Waals surface area contributed by atoms with Crippen molar-refractivity contribution in [3.63, 3.8) is 0 Å². The number of likely N-dealkylation sites (tertiary alicyclic amines) is 1. The number of hydrogen-bond acceptors (Lipinski definition) is 5. The lowest BCUT2D eigenvalue weighted by molar-refractivity contribution is -0.239. The molecule has 4 saturated carbocycles. The van der Waals surface area contributed by atoms with E-state index in [9.17, 15) is 10.2 Å². The molecule has 1 aromatic heterocycles. The third-order valence-corrected chi connectivity index (χ3v) is 11.9. The molecule has 5 heteroatoms. The topological polar surface area (TPSA) is 66.1 Å². The number of furan rings is 1. The van der Waals surface area contributed by atoms with Crippen LogP contribution in [0.5, 0.6) is 0 Å². The Balaban J connectivity index is 1.16. The molecule has 0 amide bonds. The zero-order valence-electron chi connectivity index (χ0n) is 21.3. The predicted octanol–water partition coefficient (Wildman–Crippen LogP) is 5.11. The van der Waals surface area contributed by atoms with Gasteiger partial charge in [-0.3, -0.25) is 0 Å². The van der Waals surface area contributed by atoms with Crippen molar-refractivity contribution in [3.05, 3.63) is 24.2 Å². The van der Waals surface area contributed by atoms with Gasteiger partial charge in [-0.05, 0) is 113 Å². The number of nitrogens with zero attached hydrogens (tertiary/aromatic N) is 1. The standard InChI is InChI=1S/C29H45NO4/c1-26-10-7-23(34-18-16-30-14-3-4-15-30)19-21(26)5-6-25-24(26)8-11-27(2)28(31,12-13-29(25,27)32)22-9-17-33-20-22/h9,17,20-21,23-25,31-32H,3-8,10-16,18-19H2,1-2H3/t21-,23+,24+,25-,26+,27-,28+,29+/m1/s1. The van der Waals surface area contributed by atoms with E-state index in [2.05, 4.69) is 18.7 Å². The van der Waals surface area contributed by atoms with E-state index in [0.29, 0.717) is 30.8 Å². The van der Waals surface area contributed by atoms with E-state index in [-0.39, 0.29) is 11.3 Å². The van der Waals surface area contributed by atoms with Crippen LogP contribution in [-0.4, -0.2) is 53.1 Å². The summed E-state index contributed by atoms with van der Waals surface area (Å²) in [6.07, 6.45) is 15.6. The Labute approximate surface area is 205 Å². The third kappa shape index (κ3) is 3.26. The minimum Gasteiger partial charge on any atom is -0.472 e. The molecule has 2 N–H and O–H groups in total. The summed E-state index contributed by atoms with van der Waals surface area (Å²) in [6.45, 7) is 9.14. The molecule has 4 aliphatic carbocycles. The smallest absolute Gasteiger partial charge is 0.101 e. The molecular formula is C29H45NO4. The fourth-order valence-corrected chi connectivity index (χ4v) is 9.67. The van der Waals surface area contributed by atoms with Gasteiger partial charge in [0, 0.05) is 17.5 Å². The lowest BCUT2D eigenvalue weighted by Gasteiger charge is -2.64. The maximum atomic E-state index is 12.4. The van der Waals surface area contributed by atoms with Crippen molar-refractivity contribution in [1.82, 2.24) is 4.90 Å². The van der Waals surface area contributed by atoms with Gasteiger partial charge in [0.2, 0.25) is 0 Å². The molecule has 1 aliphatic heterocycles. The van der Waals surface area contributed by atoms with Crippen molar-refractivity contribution in [3.8, 4) is 0 Å². The first-order valence-corrected chi connectivity index (χ1v) is 14.1. The molecule has 5 aliphatic rings. The molecule has 0 unspecified atom stereocenters. The van der Waals surface area contributed by atoms with Crippen molar-refractivity contribution < 1.29 is 19.4 Å². The Morgan fingerprint density at radius 2 is 1.82 bits per heavy atom. The van der Waals surface area contributed by atoms with Crippen LogP contribution in [0.15, 0.2) is 23.0 Å². The fourth-order valence-electron chi connectivity index (χ4n) is 9.67. The minimum absolute atomic E-state index is 0.279. The van der Waals surface area contributed by atoms with Crippen LogP contribution in [0, 0.1) is 28.6 Å². The van der Waals surface area contributed by atoms with Crippen molar-refractivity contribution in [2.45, 2.75) is 102 Å². The van der Waals surface area contributed by atoms with Crippen LogP contribution in [0.3, 0.4) is 0 Å². The normalized spacial score (nSPS) is 48.9. The Morgan fingerprint density at radius 1 is 1.00 bits per heavy atom. The van der Waals surface area contributed by atoms with Gasteiger partial charge >= 0.3 is 0 Å². The fraction of sp³-hybridized carbons (Fsp3) is 0.862. The minimum atomic E-state index is -1.00. The van der Waals surface area contributed by atoms with Crippen LogP contribution >= 0.6 is 0 Å². The van der Waals surface area contributed by atoms with E-state index in [4.69, 9.17) is 9.15 Å². The quantitative estimate of drug-likeness (QED) is 0.625. The molecule has 34 heavy (non-hydrogen) atoms. The first kappa shape index (κ1) is 23.5. The van der Waals surface area contributed by atoms with Crippen LogP contribution < -0.4 is 0 Å². The molecule has 2 heterocycles. The summed E-state index contributed by atoms with van der Waals surface area (Å²) in [6, 6.07) is 1.90. The van der Waals surface area contributed by atoms with Crippen LogP contribution in [0.2, 0.25) is 0 Å². The average molecular weight is 472 g/mol. The highest BCUT2D eigenvalue weighted by Crippen LogP contribution is 2.71. The molecule has 190 valence electrons. The summed E-state index contributed by atoms with van der Waals surface area (Å²) in [4.78, 5) is 2.55. The van der Waals surface area contributed by atoms with Gasteiger partial charge in [-0.1, -0.05) is 13.8 Å². The van der Waals surface area contributed by atoms with Crippen LogP contribution in [-0.2, 0) is 10.3 Å². The highest BCUT2D eigenvalue weighted by Gasteiger charge is 2.72. The summed E-state index contributed by atoms with van der Waals surface area (Å²) in [5, 5.41) is 24.3. The maximum Gasteiger partial charge on any atom is 0.101 e. The summed E-state index contributed by atoms with van der Waals surface area (Å²) < 4.78 is 11.8. The van der Waals surface area contributed by atoms with Gasteiger partial charge in [-0.2, -0.15) is 0 Å².